The smallest absolute Gasteiger partial charge is 0.387 e. The van der Waals surface area contributed by atoms with Gasteiger partial charge in [0.2, 0.25) is 0 Å². The molecule has 0 aliphatic carbocycles. The minimum Gasteiger partial charge on any atom is -0.487 e. The normalized spacial score (nSPS) is 10.8. The summed E-state index contributed by atoms with van der Waals surface area (Å²) in [4.78, 5) is 16.8. The molecular formula is C20H18F2N2O3S. The van der Waals surface area contributed by atoms with E-state index in [1.807, 2.05) is 12.3 Å². The number of nitrogens with one attached hydrogen (secondary N) is 1. The molecule has 3 aromatic rings. The van der Waals surface area contributed by atoms with Crippen molar-refractivity contribution >= 4 is 22.9 Å². The van der Waals surface area contributed by atoms with Crippen LogP contribution in [0.15, 0.2) is 47.8 Å². The molecule has 1 N–H and O–H groups in total. The highest BCUT2D eigenvalue weighted by molar-refractivity contribution is 7.09. The Bertz CT molecular complexity index is 958. The Balaban J connectivity index is 1.63. The molecule has 0 atom stereocenters. The summed E-state index contributed by atoms with van der Waals surface area (Å²) in [5.74, 6) is 0.276. The van der Waals surface area contributed by atoms with Crippen LogP contribution in [-0.4, -0.2) is 17.5 Å². The van der Waals surface area contributed by atoms with E-state index in [0.29, 0.717) is 29.2 Å². The van der Waals surface area contributed by atoms with Crippen molar-refractivity contribution in [1.82, 2.24) is 4.98 Å². The van der Waals surface area contributed by atoms with Gasteiger partial charge in [0.1, 0.15) is 18.1 Å². The van der Waals surface area contributed by atoms with Gasteiger partial charge in [-0.1, -0.05) is 6.07 Å². The van der Waals surface area contributed by atoms with Gasteiger partial charge in [0, 0.05) is 22.2 Å². The lowest BCUT2D eigenvalue weighted by Gasteiger charge is -2.13. The molecule has 1 amide bonds. The molecule has 3 rings (SSSR count). The number of nitrogens with zero attached hydrogens (tertiary/aromatic N) is 1. The number of amides is 1. The number of ether oxygens (including phenoxy) is 2. The first-order chi connectivity index (χ1) is 13.4. The molecule has 0 radical (unpaired) electrons. The molecule has 0 fully saturated rings. The Morgan fingerprint density at radius 3 is 2.57 bits per heavy atom. The molecule has 0 aliphatic rings. The number of thiazole rings is 1. The van der Waals surface area contributed by atoms with Crippen LogP contribution in [0.2, 0.25) is 0 Å². The van der Waals surface area contributed by atoms with Crippen LogP contribution < -0.4 is 14.8 Å². The Kier molecular flexibility index (Phi) is 6.20. The van der Waals surface area contributed by atoms with E-state index < -0.39 is 6.61 Å². The number of anilines is 1. The van der Waals surface area contributed by atoms with Gasteiger partial charge in [-0.3, -0.25) is 4.79 Å². The molecule has 0 unspecified atom stereocenters. The maximum atomic E-state index is 12.4. The second-order valence-electron chi connectivity index (χ2n) is 5.93. The average Bonchev–Trinajstić information content (AvgIpc) is 3.08. The lowest BCUT2D eigenvalue weighted by atomic mass is 10.1. The van der Waals surface area contributed by atoms with E-state index in [9.17, 15) is 13.6 Å². The molecule has 2 aromatic carbocycles. The molecular weight excluding hydrogens is 386 g/mol. The number of halogens is 2. The summed E-state index contributed by atoms with van der Waals surface area (Å²) < 4.78 is 35.0. The molecule has 8 heteroatoms. The van der Waals surface area contributed by atoms with Gasteiger partial charge in [-0.05, 0) is 50.2 Å². The van der Waals surface area contributed by atoms with Gasteiger partial charge < -0.3 is 14.8 Å². The fraction of sp³-hybridized carbons (Fsp3) is 0.200. The first-order valence-electron chi connectivity index (χ1n) is 8.42. The third-order valence-corrected chi connectivity index (χ3v) is 4.74. The number of alkyl halides is 2. The van der Waals surface area contributed by atoms with Crippen molar-refractivity contribution in [2.24, 2.45) is 0 Å². The van der Waals surface area contributed by atoms with Crippen LogP contribution in [0.4, 0.5) is 14.5 Å². The van der Waals surface area contributed by atoms with E-state index in [-0.39, 0.29) is 11.7 Å². The summed E-state index contributed by atoms with van der Waals surface area (Å²) in [5, 5.41) is 5.62. The van der Waals surface area contributed by atoms with Gasteiger partial charge in [-0.15, -0.1) is 11.3 Å². The fourth-order valence-corrected chi connectivity index (χ4v) is 3.10. The second kappa shape index (κ2) is 8.79. The Hall–Kier alpha value is -3.00. The van der Waals surface area contributed by atoms with Crippen molar-refractivity contribution in [1.29, 1.82) is 0 Å². The van der Waals surface area contributed by atoms with Crippen LogP contribution in [0.1, 0.15) is 26.6 Å². The van der Waals surface area contributed by atoms with Crippen LogP contribution >= 0.6 is 11.3 Å². The number of hydrogen-bond acceptors (Lipinski definition) is 5. The largest absolute Gasteiger partial charge is 0.487 e. The van der Waals surface area contributed by atoms with Crippen molar-refractivity contribution in [2.45, 2.75) is 27.1 Å². The summed E-state index contributed by atoms with van der Waals surface area (Å²) in [6.45, 7) is 0.958. The molecule has 0 saturated heterocycles. The Labute approximate surface area is 164 Å². The van der Waals surface area contributed by atoms with Gasteiger partial charge in [-0.25, -0.2) is 4.98 Å². The number of aryl methyl sites for hydroxylation is 1. The summed E-state index contributed by atoms with van der Waals surface area (Å²) in [6, 6.07) is 11.2. The van der Waals surface area contributed by atoms with E-state index in [1.54, 1.807) is 48.6 Å². The minimum absolute atomic E-state index is 0.0221. The number of aromatic nitrogens is 1. The van der Waals surface area contributed by atoms with Crippen LogP contribution in [0.25, 0.3) is 0 Å². The second-order valence-corrected chi connectivity index (χ2v) is 6.99. The number of rotatable bonds is 7. The van der Waals surface area contributed by atoms with E-state index in [4.69, 9.17) is 4.74 Å². The summed E-state index contributed by atoms with van der Waals surface area (Å²) in [6.07, 6.45) is 0. The molecule has 0 saturated carbocycles. The van der Waals surface area contributed by atoms with Crippen molar-refractivity contribution in [3.63, 3.8) is 0 Å². The number of benzene rings is 2. The predicted molar refractivity (Wildman–Crippen MR) is 103 cm³/mol. The summed E-state index contributed by atoms with van der Waals surface area (Å²) >= 11 is 1.56. The highest BCUT2D eigenvalue weighted by atomic mass is 32.1. The van der Waals surface area contributed by atoms with Gasteiger partial charge in [0.05, 0.1) is 10.7 Å². The van der Waals surface area contributed by atoms with Crippen LogP contribution in [0, 0.1) is 13.8 Å². The molecule has 0 aliphatic heterocycles. The van der Waals surface area contributed by atoms with Gasteiger partial charge >= 0.3 is 6.61 Å². The first-order valence-corrected chi connectivity index (χ1v) is 9.30. The standard InChI is InChI=1S/C20H18F2N2O3S/c1-12-17(4-3-5-18(12)27-20(21)22)24-19(25)14-6-8-16(9-7-14)26-10-15-11-28-13(2)23-15/h3-9,11,20H,10H2,1-2H3,(H,24,25). The molecule has 1 aromatic heterocycles. The zero-order valence-electron chi connectivity index (χ0n) is 15.2. The maximum absolute atomic E-state index is 12.4. The number of hydrogen-bond donors (Lipinski definition) is 1. The van der Waals surface area contributed by atoms with E-state index in [1.165, 1.54) is 12.1 Å². The summed E-state index contributed by atoms with van der Waals surface area (Å²) in [5.41, 5.74) is 2.10. The van der Waals surface area contributed by atoms with Crippen molar-refractivity contribution in [3.05, 3.63) is 69.7 Å². The zero-order valence-corrected chi connectivity index (χ0v) is 16.1. The van der Waals surface area contributed by atoms with E-state index >= 15 is 0 Å². The highest BCUT2D eigenvalue weighted by Gasteiger charge is 2.13. The molecule has 5 nitrogen and oxygen atoms in total. The van der Waals surface area contributed by atoms with E-state index in [0.717, 1.165) is 10.7 Å². The Morgan fingerprint density at radius 2 is 1.93 bits per heavy atom. The monoisotopic (exact) mass is 404 g/mol. The highest BCUT2D eigenvalue weighted by Crippen LogP contribution is 2.27. The van der Waals surface area contributed by atoms with Crippen LogP contribution in [-0.2, 0) is 6.61 Å². The zero-order chi connectivity index (χ0) is 20.1. The minimum atomic E-state index is -2.93. The predicted octanol–water partition coefficient (Wildman–Crippen LogP) is 5.19. The van der Waals surface area contributed by atoms with Gasteiger partial charge in [-0.2, -0.15) is 8.78 Å². The topological polar surface area (TPSA) is 60.5 Å². The number of carbonyl (C=O) groups excluding carboxylic acids is 1. The van der Waals surface area contributed by atoms with E-state index in [2.05, 4.69) is 15.0 Å². The van der Waals surface area contributed by atoms with Crippen LogP contribution in [0.5, 0.6) is 11.5 Å². The lowest BCUT2D eigenvalue weighted by molar-refractivity contribution is -0.0502. The molecule has 28 heavy (non-hydrogen) atoms. The molecule has 0 spiro atoms. The van der Waals surface area contributed by atoms with Crippen molar-refractivity contribution in [2.75, 3.05) is 5.32 Å². The van der Waals surface area contributed by atoms with Crippen molar-refractivity contribution < 1.29 is 23.0 Å². The first kappa shape index (κ1) is 19.8. The van der Waals surface area contributed by atoms with Gasteiger partial charge in [0.15, 0.2) is 0 Å². The van der Waals surface area contributed by atoms with Crippen LogP contribution in [0.3, 0.4) is 0 Å². The third-order valence-electron chi connectivity index (χ3n) is 3.92. The molecule has 146 valence electrons. The Morgan fingerprint density at radius 1 is 1.18 bits per heavy atom. The molecule has 1 heterocycles. The van der Waals surface area contributed by atoms with Crippen molar-refractivity contribution in [3.8, 4) is 11.5 Å². The quantitative estimate of drug-likeness (QED) is 0.589. The fourth-order valence-electron chi connectivity index (χ4n) is 2.50. The third kappa shape index (κ3) is 5.04. The summed E-state index contributed by atoms with van der Waals surface area (Å²) in [7, 11) is 0. The van der Waals surface area contributed by atoms with Gasteiger partial charge in [0.25, 0.3) is 5.91 Å². The number of carbonyl (C=O) groups is 1. The molecule has 0 bridgehead atoms. The lowest BCUT2D eigenvalue weighted by Crippen LogP contribution is -2.13. The maximum Gasteiger partial charge on any atom is 0.387 e. The SMILES string of the molecule is Cc1nc(COc2ccc(C(=O)Nc3cccc(OC(F)F)c3C)cc2)cs1. The average molecular weight is 404 g/mol.